The molecule has 196 valence electrons. The molecule has 7 heteroatoms. The lowest BCUT2D eigenvalue weighted by atomic mass is 10.1. The minimum atomic E-state index is -0.545. The first kappa shape index (κ1) is 27.0. The van der Waals surface area contributed by atoms with E-state index in [0.717, 1.165) is 11.1 Å². The van der Waals surface area contributed by atoms with Crippen molar-refractivity contribution in [3.63, 3.8) is 0 Å². The van der Waals surface area contributed by atoms with Crippen LogP contribution in [0.1, 0.15) is 32.6 Å². The maximum absolute atomic E-state index is 13.6. The van der Waals surface area contributed by atoms with Gasteiger partial charge in [-0.25, -0.2) is 4.39 Å². The Labute approximate surface area is 226 Å². The SMILES string of the molecule is Cc1cc(F)ccc1/C=C(/NC(=O)c1ccccc1)C(=O)Nc1ccc(CC(=O)NCc2ccccc2)cc1. The molecule has 0 aliphatic rings. The maximum Gasteiger partial charge on any atom is 0.272 e. The van der Waals surface area contributed by atoms with Gasteiger partial charge in [0.2, 0.25) is 5.91 Å². The number of hydrogen-bond donors (Lipinski definition) is 3. The third-order valence-corrected chi connectivity index (χ3v) is 5.97. The second-order valence-corrected chi connectivity index (χ2v) is 8.97. The molecule has 0 radical (unpaired) electrons. The molecule has 3 N–H and O–H groups in total. The zero-order valence-corrected chi connectivity index (χ0v) is 21.4. The van der Waals surface area contributed by atoms with Gasteiger partial charge in [0.05, 0.1) is 6.42 Å². The number of rotatable bonds is 9. The molecule has 0 aromatic heterocycles. The van der Waals surface area contributed by atoms with Gasteiger partial charge in [0.25, 0.3) is 11.8 Å². The van der Waals surface area contributed by atoms with Crippen LogP contribution in [-0.2, 0) is 22.6 Å². The van der Waals surface area contributed by atoms with Crippen LogP contribution in [-0.4, -0.2) is 17.7 Å². The van der Waals surface area contributed by atoms with Gasteiger partial charge >= 0.3 is 0 Å². The van der Waals surface area contributed by atoms with Gasteiger partial charge < -0.3 is 16.0 Å². The Morgan fingerprint density at radius 1 is 0.795 bits per heavy atom. The summed E-state index contributed by atoms with van der Waals surface area (Å²) in [4.78, 5) is 38.3. The summed E-state index contributed by atoms with van der Waals surface area (Å²) in [5, 5.41) is 8.34. The van der Waals surface area contributed by atoms with Crippen LogP contribution in [0.25, 0.3) is 6.08 Å². The van der Waals surface area contributed by atoms with E-state index in [1.165, 1.54) is 18.2 Å². The summed E-state index contributed by atoms with van der Waals surface area (Å²) in [6, 6.07) is 29.3. The average molecular weight is 522 g/mol. The van der Waals surface area contributed by atoms with Crippen LogP contribution in [0.15, 0.2) is 109 Å². The monoisotopic (exact) mass is 521 g/mol. The number of hydrogen-bond acceptors (Lipinski definition) is 3. The Morgan fingerprint density at radius 3 is 2.13 bits per heavy atom. The molecule has 0 fully saturated rings. The van der Waals surface area contributed by atoms with Crippen molar-refractivity contribution in [3.8, 4) is 0 Å². The van der Waals surface area contributed by atoms with Crippen molar-refractivity contribution in [2.45, 2.75) is 19.9 Å². The number of nitrogens with one attached hydrogen (secondary N) is 3. The molecule has 0 saturated carbocycles. The maximum atomic E-state index is 13.6. The van der Waals surface area contributed by atoms with Crippen LogP contribution < -0.4 is 16.0 Å². The molecule has 0 unspecified atom stereocenters. The summed E-state index contributed by atoms with van der Waals surface area (Å²) in [5.74, 6) is -1.50. The van der Waals surface area contributed by atoms with E-state index in [2.05, 4.69) is 16.0 Å². The molecule has 4 rings (SSSR count). The second kappa shape index (κ2) is 13.0. The third kappa shape index (κ3) is 7.97. The van der Waals surface area contributed by atoms with Crippen LogP contribution in [0.3, 0.4) is 0 Å². The van der Waals surface area contributed by atoms with Crippen molar-refractivity contribution in [1.29, 1.82) is 0 Å². The molecule has 0 aliphatic heterocycles. The molecule has 4 aromatic carbocycles. The number of carbonyl (C=O) groups excluding carboxylic acids is 3. The van der Waals surface area contributed by atoms with Gasteiger partial charge in [0, 0.05) is 17.8 Å². The van der Waals surface area contributed by atoms with Crippen molar-refractivity contribution >= 4 is 29.5 Å². The molecule has 39 heavy (non-hydrogen) atoms. The zero-order chi connectivity index (χ0) is 27.6. The average Bonchev–Trinajstić information content (AvgIpc) is 2.95. The Bertz CT molecular complexity index is 1480. The van der Waals surface area contributed by atoms with Crippen molar-refractivity contribution < 1.29 is 18.8 Å². The molecule has 4 aromatic rings. The van der Waals surface area contributed by atoms with E-state index in [4.69, 9.17) is 0 Å². The fraction of sp³-hybridized carbons (Fsp3) is 0.0938. The van der Waals surface area contributed by atoms with Crippen molar-refractivity contribution in [2.75, 3.05) is 5.32 Å². The number of carbonyl (C=O) groups is 3. The molecule has 3 amide bonds. The molecule has 0 heterocycles. The standard InChI is InChI=1S/C32H28FN3O3/c1-22-18-27(33)15-14-26(22)20-29(36-31(38)25-10-6-3-7-11-25)32(39)35-28-16-12-23(13-17-28)19-30(37)34-21-24-8-4-2-5-9-24/h2-18,20H,19,21H2,1H3,(H,34,37)(H,35,39)(H,36,38)/b29-20+. The predicted octanol–water partition coefficient (Wildman–Crippen LogP) is 5.40. The van der Waals surface area contributed by atoms with E-state index in [0.29, 0.717) is 28.9 Å². The van der Waals surface area contributed by atoms with Crippen LogP contribution >= 0.6 is 0 Å². The van der Waals surface area contributed by atoms with Crippen molar-refractivity contribution in [3.05, 3.63) is 142 Å². The molecule has 0 spiro atoms. The Kier molecular flexibility index (Phi) is 8.98. The smallest absolute Gasteiger partial charge is 0.272 e. The van der Waals surface area contributed by atoms with Crippen LogP contribution in [0, 0.1) is 12.7 Å². The zero-order valence-electron chi connectivity index (χ0n) is 21.4. The van der Waals surface area contributed by atoms with E-state index in [1.807, 2.05) is 30.3 Å². The quantitative estimate of drug-likeness (QED) is 0.258. The first-order valence-electron chi connectivity index (χ1n) is 12.4. The van der Waals surface area contributed by atoms with Crippen LogP contribution in [0.2, 0.25) is 0 Å². The highest BCUT2D eigenvalue weighted by Gasteiger charge is 2.16. The lowest BCUT2D eigenvalue weighted by molar-refractivity contribution is -0.120. The Balaban J connectivity index is 1.44. The molecular formula is C32H28FN3O3. The first-order valence-corrected chi connectivity index (χ1v) is 12.4. The summed E-state index contributed by atoms with van der Waals surface area (Å²) in [5.41, 5.74) is 3.89. The van der Waals surface area contributed by atoms with Crippen molar-refractivity contribution in [1.82, 2.24) is 10.6 Å². The predicted molar refractivity (Wildman–Crippen MR) is 150 cm³/mol. The molecule has 0 atom stereocenters. The van der Waals surface area contributed by atoms with Crippen LogP contribution in [0.5, 0.6) is 0 Å². The molecular weight excluding hydrogens is 493 g/mol. The van der Waals surface area contributed by atoms with E-state index < -0.39 is 17.6 Å². The highest BCUT2D eigenvalue weighted by molar-refractivity contribution is 6.10. The van der Waals surface area contributed by atoms with Crippen LogP contribution in [0.4, 0.5) is 10.1 Å². The highest BCUT2D eigenvalue weighted by atomic mass is 19.1. The van der Waals surface area contributed by atoms with Gasteiger partial charge in [-0.2, -0.15) is 0 Å². The van der Waals surface area contributed by atoms with E-state index in [9.17, 15) is 18.8 Å². The Morgan fingerprint density at radius 2 is 1.46 bits per heavy atom. The van der Waals surface area contributed by atoms with E-state index in [-0.39, 0.29) is 18.0 Å². The lowest BCUT2D eigenvalue weighted by Crippen LogP contribution is -2.30. The second-order valence-electron chi connectivity index (χ2n) is 8.97. The summed E-state index contributed by atoms with van der Waals surface area (Å²) < 4.78 is 13.6. The molecule has 0 saturated heterocycles. The summed E-state index contributed by atoms with van der Waals surface area (Å²) in [7, 11) is 0. The van der Waals surface area contributed by atoms with Gasteiger partial charge in [-0.15, -0.1) is 0 Å². The van der Waals surface area contributed by atoms with Gasteiger partial charge in [-0.3, -0.25) is 14.4 Å². The summed E-state index contributed by atoms with van der Waals surface area (Å²) >= 11 is 0. The van der Waals surface area contributed by atoms with Gasteiger partial charge in [0.15, 0.2) is 0 Å². The lowest BCUT2D eigenvalue weighted by Gasteiger charge is -2.13. The van der Waals surface area contributed by atoms with E-state index in [1.54, 1.807) is 67.6 Å². The van der Waals surface area contributed by atoms with Gasteiger partial charge in [-0.1, -0.05) is 66.7 Å². The van der Waals surface area contributed by atoms with E-state index >= 15 is 0 Å². The fourth-order valence-corrected chi connectivity index (χ4v) is 3.85. The minimum Gasteiger partial charge on any atom is -0.352 e. The molecule has 0 bridgehead atoms. The molecule has 6 nitrogen and oxygen atoms in total. The van der Waals surface area contributed by atoms with Crippen molar-refractivity contribution in [2.24, 2.45) is 0 Å². The number of benzene rings is 4. The largest absolute Gasteiger partial charge is 0.352 e. The molecule has 0 aliphatic carbocycles. The van der Waals surface area contributed by atoms with Gasteiger partial charge in [0.1, 0.15) is 11.5 Å². The normalized spacial score (nSPS) is 11.0. The number of amides is 3. The number of anilines is 1. The summed E-state index contributed by atoms with van der Waals surface area (Å²) in [6.07, 6.45) is 1.71. The number of halogens is 1. The fourth-order valence-electron chi connectivity index (χ4n) is 3.85. The van der Waals surface area contributed by atoms with Gasteiger partial charge in [-0.05, 0) is 71.7 Å². The first-order chi connectivity index (χ1) is 18.9. The number of aryl methyl sites for hydroxylation is 1. The topological polar surface area (TPSA) is 87.3 Å². The summed E-state index contributed by atoms with van der Waals surface area (Å²) in [6.45, 7) is 2.17. The third-order valence-electron chi connectivity index (χ3n) is 5.97. The minimum absolute atomic E-state index is 0.00271. The Hall–Kier alpha value is -5.04. The highest BCUT2D eigenvalue weighted by Crippen LogP contribution is 2.16.